The van der Waals surface area contributed by atoms with Gasteiger partial charge >= 0.3 is 5.97 Å². The van der Waals surface area contributed by atoms with Crippen molar-refractivity contribution in [2.24, 2.45) is 5.90 Å². The second-order valence-electron chi connectivity index (χ2n) is 1.11. The van der Waals surface area contributed by atoms with Crippen molar-refractivity contribution in [3.63, 3.8) is 0 Å². The zero-order valence-electron chi connectivity index (χ0n) is 3.92. The minimum Gasteiger partial charge on any atom is -0.372 e. The molecule has 2 N–H and O–H groups in total. The molecular formula is C3H7NO2S. The Morgan fingerprint density at radius 1 is 2.00 bits per heavy atom. The Balaban J connectivity index is 3.35. The second-order valence-corrected chi connectivity index (χ2v) is 1.89. The van der Waals surface area contributed by atoms with Gasteiger partial charge in [-0.15, -0.1) is 0 Å². The zero-order chi connectivity index (χ0) is 5.86. The van der Waals surface area contributed by atoms with Crippen molar-refractivity contribution >= 4 is 18.6 Å². The van der Waals surface area contributed by atoms with Gasteiger partial charge in [-0.1, -0.05) is 0 Å². The van der Waals surface area contributed by atoms with Crippen LogP contribution in [0.2, 0.25) is 0 Å². The standard InChI is InChI=1S/C3H7NO2S/c1-2(7)3(5)6-4/h2,7H,4H2,1H3. The summed E-state index contributed by atoms with van der Waals surface area (Å²) < 4.78 is 0. The number of rotatable bonds is 1. The monoisotopic (exact) mass is 121 g/mol. The smallest absolute Gasteiger partial charge is 0.336 e. The van der Waals surface area contributed by atoms with Gasteiger partial charge < -0.3 is 4.84 Å². The van der Waals surface area contributed by atoms with Crippen molar-refractivity contribution in [3.05, 3.63) is 0 Å². The first-order chi connectivity index (χ1) is 3.18. The van der Waals surface area contributed by atoms with E-state index in [4.69, 9.17) is 0 Å². The van der Waals surface area contributed by atoms with Gasteiger partial charge in [0.05, 0.1) is 5.25 Å². The lowest BCUT2D eigenvalue weighted by molar-refractivity contribution is -0.143. The van der Waals surface area contributed by atoms with Gasteiger partial charge in [0.2, 0.25) is 0 Å². The Morgan fingerprint density at radius 2 is 2.43 bits per heavy atom. The van der Waals surface area contributed by atoms with Crippen LogP contribution in [0.25, 0.3) is 0 Å². The summed E-state index contributed by atoms with van der Waals surface area (Å²) >= 11 is 3.72. The van der Waals surface area contributed by atoms with Gasteiger partial charge in [-0.25, -0.2) is 4.79 Å². The first-order valence-corrected chi connectivity index (χ1v) is 2.28. The lowest BCUT2D eigenvalue weighted by atomic mass is 10.5. The van der Waals surface area contributed by atoms with Crippen LogP contribution in [0, 0.1) is 0 Å². The Morgan fingerprint density at radius 3 is 2.43 bits per heavy atom. The van der Waals surface area contributed by atoms with E-state index < -0.39 is 11.2 Å². The van der Waals surface area contributed by atoms with Gasteiger partial charge in [0.15, 0.2) is 0 Å². The molecule has 0 aromatic carbocycles. The van der Waals surface area contributed by atoms with E-state index in [1.165, 1.54) is 0 Å². The summed E-state index contributed by atoms with van der Waals surface area (Å²) in [6.07, 6.45) is 0. The molecule has 0 saturated heterocycles. The largest absolute Gasteiger partial charge is 0.372 e. The molecule has 7 heavy (non-hydrogen) atoms. The molecule has 0 aliphatic heterocycles. The fourth-order valence-electron chi connectivity index (χ4n) is 0.0985. The summed E-state index contributed by atoms with van der Waals surface area (Å²) in [4.78, 5) is 13.9. The molecule has 0 spiro atoms. The van der Waals surface area contributed by atoms with Crippen LogP contribution in [-0.2, 0) is 9.63 Å². The zero-order valence-corrected chi connectivity index (χ0v) is 4.81. The van der Waals surface area contributed by atoms with Crippen LogP contribution in [0.3, 0.4) is 0 Å². The quantitative estimate of drug-likeness (QED) is 0.370. The first kappa shape index (κ1) is 6.78. The van der Waals surface area contributed by atoms with Crippen LogP contribution in [0.5, 0.6) is 0 Å². The molecule has 0 bridgehead atoms. The fraction of sp³-hybridized carbons (Fsp3) is 0.667. The van der Waals surface area contributed by atoms with Crippen molar-refractivity contribution < 1.29 is 9.63 Å². The van der Waals surface area contributed by atoms with Crippen molar-refractivity contribution in [2.75, 3.05) is 0 Å². The molecule has 0 fully saturated rings. The minimum absolute atomic E-state index is 0.426. The van der Waals surface area contributed by atoms with Crippen LogP contribution in [0.4, 0.5) is 0 Å². The molecule has 0 heterocycles. The number of carbonyl (C=O) groups excluding carboxylic acids is 1. The highest BCUT2D eigenvalue weighted by Crippen LogP contribution is 1.91. The summed E-state index contributed by atoms with van der Waals surface area (Å²) in [6.45, 7) is 1.58. The van der Waals surface area contributed by atoms with Gasteiger partial charge in [0.1, 0.15) is 0 Å². The molecule has 0 radical (unpaired) electrons. The SMILES string of the molecule is CC(S)C(=O)ON. The number of nitrogens with two attached hydrogens (primary N) is 1. The molecule has 1 atom stereocenters. The van der Waals surface area contributed by atoms with E-state index in [2.05, 4.69) is 23.4 Å². The lowest BCUT2D eigenvalue weighted by Gasteiger charge is -1.96. The Labute approximate surface area is 47.2 Å². The molecule has 0 aliphatic carbocycles. The average molecular weight is 121 g/mol. The lowest BCUT2D eigenvalue weighted by Crippen LogP contribution is -2.17. The van der Waals surface area contributed by atoms with E-state index in [0.29, 0.717) is 0 Å². The summed E-state index contributed by atoms with van der Waals surface area (Å²) in [5, 5.41) is -0.426. The molecule has 0 saturated carbocycles. The van der Waals surface area contributed by atoms with E-state index >= 15 is 0 Å². The highest BCUT2D eigenvalue weighted by Gasteiger charge is 2.05. The molecule has 4 heteroatoms. The van der Waals surface area contributed by atoms with Crippen LogP contribution in [0.15, 0.2) is 0 Å². The maximum Gasteiger partial charge on any atom is 0.336 e. The second kappa shape index (κ2) is 2.87. The van der Waals surface area contributed by atoms with Crippen molar-refractivity contribution in [1.82, 2.24) is 0 Å². The maximum absolute atomic E-state index is 10.1. The van der Waals surface area contributed by atoms with Gasteiger partial charge in [-0.05, 0) is 6.92 Å². The number of hydrogen-bond acceptors (Lipinski definition) is 4. The summed E-state index contributed by atoms with van der Waals surface area (Å²) in [5.41, 5.74) is 0. The van der Waals surface area contributed by atoms with Crippen molar-refractivity contribution in [2.45, 2.75) is 12.2 Å². The molecule has 0 aliphatic rings. The molecule has 42 valence electrons. The van der Waals surface area contributed by atoms with Crippen molar-refractivity contribution in [3.8, 4) is 0 Å². The maximum atomic E-state index is 10.1. The van der Waals surface area contributed by atoms with Gasteiger partial charge in [0.25, 0.3) is 0 Å². The molecule has 0 aromatic rings. The highest BCUT2D eigenvalue weighted by molar-refractivity contribution is 7.81. The van der Waals surface area contributed by atoms with Crippen LogP contribution in [0.1, 0.15) is 6.92 Å². The number of thiol groups is 1. The topological polar surface area (TPSA) is 52.3 Å². The Kier molecular flexibility index (Phi) is 2.78. The number of carbonyl (C=O) groups is 1. The normalized spacial score (nSPS) is 13.0. The molecule has 0 aromatic heterocycles. The fourth-order valence-corrected chi connectivity index (χ4v) is 0.159. The number of hydrogen-bond donors (Lipinski definition) is 2. The molecule has 0 amide bonds. The third-order valence-electron chi connectivity index (χ3n) is 0.457. The summed E-state index contributed by atoms with van der Waals surface area (Å²) in [5.74, 6) is 3.96. The van der Waals surface area contributed by atoms with Gasteiger partial charge in [-0.3, -0.25) is 0 Å². The van der Waals surface area contributed by atoms with Gasteiger partial charge in [0, 0.05) is 0 Å². The predicted octanol–water partition coefficient (Wildman–Crippen LogP) is -0.278. The third-order valence-corrected chi connectivity index (χ3v) is 0.668. The molecule has 1 unspecified atom stereocenters. The van der Waals surface area contributed by atoms with Crippen LogP contribution in [-0.4, -0.2) is 11.2 Å². The first-order valence-electron chi connectivity index (χ1n) is 1.77. The van der Waals surface area contributed by atoms with Crippen LogP contribution < -0.4 is 5.90 Å². The molecule has 3 nitrogen and oxygen atoms in total. The van der Waals surface area contributed by atoms with Crippen LogP contribution >= 0.6 is 12.6 Å². The van der Waals surface area contributed by atoms with Crippen molar-refractivity contribution in [1.29, 1.82) is 0 Å². The molecular weight excluding hydrogens is 114 g/mol. The van der Waals surface area contributed by atoms with E-state index in [-0.39, 0.29) is 0 Å². The Bertz CT molecular complexity index is 73.3. The van der Waals surface area contributed by atoms with E-state index in [9.17, 15) is 4.79 Å². The van der Waals surface area contributed by atoms with E-state index in [0.717, 1.165) is 0 Å². The third kappa shape index (κ3) is 2.47. The van der Waals surface area contributed by atoms with E-state index in [1.807, 2.05) is 0 Å². The summed E-state index contributed by atoms with van der Waals surface area (Å²) in [7, 11) is 0. The minimum atomic E-state index is -0.511. The average Bonchev–Trinajstić information content (AvgIpc) is 1.65. The highest BCUT2D eigenvalue weighted by atomic mass is 32.1. The Hall–Kier alpha value is -0.220. The molecule has 0 rings (SSSR count). The van der Waals surface area contributed by atoms with Gasteiger partial charge in [-0.2, -0.15) is 18.5 Å². The predicted molar refractivity (Wildman–Crippen MR) is 28.7 cm³/mol. The van der Waals surface area contributed by atoms with E-state index in [1.54, 1.807) is 6.92 Å². The summed E-state index contributed by atoms with van der Waals surface area (Å²) in [6, 6.07) is 0.